The van der Waals surface area contributed by atoms with Crippen LogP contribution in [0.1, 0.15) is 30.5 Å². The number of anilines is 2. The van der Waals surface area contributed by atoms with Gasteiger partial charge in [-0.3, -0.25) is 19.9 Å². The van der Waals surface area contributed by atoms with Crippen molar-refractivity contribution >= 4 is 39.7 Å². The van der Waals surface area contributed by atoms with Crippen LogP contribution in [0.5, 0.6) is 0 Å². The van der Waals surface area contributed by atoms with E-state index in [2.05, 4.69) is 27.8 Å². The number of benzene rings is 3. The summed E-state index contributed by atoms with van der Waals surface area (Å²) in [4.78, 5) is 28.9. The lowest BCUT2D eigenvalue weighted by Gasteiger charge is -2.23. The number of aromatic nitrogens is 1. The maximum absolute atomic E-state index is 13.1. The monoisotopic (exact) mass is 495 g/mol. The minimum Gasteiger partial charge on any atom is -0.352 e. The average Bonchev–Trinajstić information content (AvgIpc) is 3.57. The van der Waals surface area contributed by atoms with Gasteiger partial charge in [-0.25, -0.2) is 4.98 Å². The van der Waals surface area contributed by atoms with Crippen molar-refractivity contribution in [3.63, 3.8) is 0 Å². The van der Waals surface area contributed by atoms with Gasteiger partial charge in [-0.15, -0.1) is 11.3 Å². The molecule has 7 nitrogen and oxygen atoms in total. The normalized spacial score (nSPS) is 14.9. The largest absolute Gasteiger partial charge is 0.352 e. The van der Waals surface area contributed by atoms with Gasteiger partial charge in [0.2, 0.25) is 5.91 Å². The van der Waals surface area contributed by atoms with E-state index in [-0.39, 0.29) is 17.9 Å². The first-order chi connectivity index (χ1) is 17.6. The Morgan fingerprint density at radius 1 is 0.972 bits per heavy atom. The highest BCUT2D eigenvalue weighted by Crippen LogP contribution is 2.35. The maximum atomic E-state index is 13.1. The summed E-state index contributed by atoms with van der Waals surface area (Å²) in [5.74, 6) is -0.311. The van der Waals surface area contributed by atoms with E-state index >= 15 is 0 Å². The fourth-order valence-corrected chi connectivity index (χ4v) is 4.77. The smallest absolute Gasteiger partial charge is 0.273 e. The number of carbonyl (C=O) groups is 2. The van der Waals surface area contributed by atoms with E-state index in [0.717, 1.165) is 28.1 Å². The number of carbonyl (C=O) groups excluding carboxylic acids is 2. The molecule has 0 aliphatic carbocycles. The highest BCUT2D eigenvalue weighted by Gasteiger charge is 2.32. The Labute approximate surface area is 213 Å². The molecule has 1 aromatic heterocycles. The number of thiazole rings is 1. The molecule has 0 saturated carbocycles. The molecule has 0 bridgehead atoms. The number of amides is 2. The van der Waals surface area contributed by atoms with Crippen LogP contribution >= 0.6 is 11.3 Å². The van der Waals surface area contributed by atoms with Crippen LogP contribution in [0.2, 0.25) is 0 Å². The molecule has 5 rings (SSSR count). The molecule has 0 fully saturated rings. The molecule has 4 aromatic rings. The van der Waals surface area contributed by atoms with Crippen LogP contribution in [0.4, 0.5) is 10.8 Å². The van der Waals surface area contributed by atoms with E-state index in [4.69, 9.17) is 5.10 Å². The molecule has 1 aliphatic rings. The Balaban J connectivity index is 1.30. The van der Waals surface area contributed by atoms with E-state index < -0.39 is 0 Å². The van der Waals surface area contributed by atoms with Crippen molar-refractivity contribution in [2.45, 2.75) is 25.9 Å². The molecule has 2 heterocycles. The Morgan fingerprint density at radius 3 is 2.36 bits per heavy atom. The van der Waals surface area contributed by atoms with Gasteiger partial charge in [-0.2, -0.15) is 5.10 Å². The Hall–Kier alpha value is -4.30. The van der Waals surface area contributed by atoms with Crippen molar-refractivity contribution < 1.29 is 9.59 Å². The summed E-state index contributed by atoms with van der Waals surface area (Å²) in [5.41, 5.74) is 5.23. The minimum atomic E-state index is -0.249. The quantitative estimate of drug-likeness (QED) is 0.360. The molecule has 8 heteroatoms. The van der Waals surface area contributed by atoms with Crippen LogP contribution in [0.3, 0.4) is 0 Å². The number of hydrogen-bond acceptors (Lipinski definition) is 6. The molecule has 0 spiro atoms. The first-order valence-electron chi connectivity index (χ1n) is 11.6. The number of hydrazone groups is 1. The van der Waals surface area contributed by atoms with Crippen LogP contribution in [0.15, 0.2) is 95.4 Å². The molecule has 0 radical (unpaired) electrons. The van der Waals surface area contributed by atoms with Crippen LogP contribution in [-0.2, 0) is 16.1 Å². The predicted octanol–water partition coefficient (Wildman–Crippen LogP) is 5.39. The van der Waals surface area contributed by atoms with Crippen LogP contribution < -0.4 is 15.6 Å². The third-order valence-electron chi connectivity index (χ3n) is 5.89. The molecule has 2 amide bonds. The van der Waals surface area contributed by atoms with E-state index in [1.807, 2.05) is 83.2 Å². The van der Waals surface area contributed by atoms with Crippen molar-refractivity contribution in [3.05, 3.63) is 101 Å². The second kappa shape index (κ2) is 10.5. The van der Waals surface area contributed by atoms with Gasteiger partial charge in [0.15, 0.2) is 5.13 Å². The average molecular weight is 496 g/mol. The SMILES string of the molecule is CC(=O)NCc1ccc(-c2csc(NC(=O)C3=NN(c4ccccc4)[C@@H](c4ccccc4)C3)n2)cc1. The van der Waals surface area contributed by atoms with Gasteiger partial charge in [-0.1, -0.05) is 72.8 Å². The number of nitrogens with zero attached hydrogens (tertiary/aromatic N) is 3. The molecule has 1 aliphatic heterocycles. The van der Waals surface area contributed by atoms with Crippen molar-refractivity contribution in [1.82, 2.24) is 10.3 Å². The van der Waals surface area contributed by atoms with E-state index in [1.54, 1.807) is 0 Å². The molecule has 3 aromatic carbocycles. The Morgan fingerprint density at radius 2 is 1.67 bits per heavy atom. The third-order valence-corrected chi connectivity index (χ3v) is 6.65. The van der Waals surface area contributed by atoms with Gasteiger partial charge < -0.3 is 5.32 Å². The van der Waals surface area contributed by atoms with Crippen molar-refractivity contribution in [2.24, 2.45) is 5.10 Å². The van der Waals surface area contributed by atoms with Crippen molar-refractivity contribution in [3.8, 4) is 11.3 Å². The van der Waals surface area contributed by atoms with Gasteiger partial charge in [0.05, 0.1) is 17.4 Å². The van der Waals surface area contributed by atoms with Gasteiger partial charge >= 0.3 is 0 Å². The molecular formula is C28H25N5O2S. The number of hydrogen-bond donors (Lipinski definition) is 2. The number of rotatable bonds is 7. The Kier molecular flexibility index (Phi) is 6.86. The molecule has 36 heavy (non-hydrogen) atoms. The number of nitrogens with one attached hydrogen (secondary N) is 2. The minimum absolute atomic E-state index is 0.0581. The van der Waals surface area contributed by atoms with Crippen molar-refractivity contribution in [1.29, 1.82) is 0 Å². The van der Waals surface area contributed by atoms with E-state index in [9.17, 15) is 9.59 Å². The summed E-state index contributed by atoms with van der Waals surface area (Å²) in [7, 11) is 0. The summed E-state index contributed by atoms with van der Waals surface area (Å²) >= 11 is 1.38. The van der Waals surface area contributed by atoms with Gasteiger partial charge in [0, 0.05) is 30.8 Å². The zero-order valence-corrected chi connectivity index (χ0v) is 20.5. The fraction of sp³-hybridized carbons (Fsp3) is 0.143. The molecule has 180 valence electrons. The Bertz CT molecular complexity index is 1380. The standard InChI is InChI=1S/C28H25N5O2S/c1-19(34)29-17-20-12-14-21(15-13-20)25-18-36-28(30-25)31-27(35)24-16-26(22-8-4-2-5-9-22)33(32-24)23-10-6-3-7-11-23/h2-15,18,26H,16-17H2,1H3,(H,29,34)(H,30,31,35)/t26-/m1/s1. The van der Waals surface area contributed by atoms with Gasteiger partial charge in [0.25, 0.3) is 5.91 Å². The van der Waals surface area contributed by atoms with Crippen LogP contribution in [0, 0.1) is 0 Å². The predicted molar refractivity (Wildman–Crippen MR) is 144 cm³/mol. The van der Waals surface area contributed by atoms with E-state index in [1.165, 1.54) is 18.3 Å². The second-order valence-corrected chi connectivity index (χ2v) is 9.31. The van der Waals surface area contributed by atoms with Gasteiger partial charge in [-0.05, 0) is 23.3 Å². The fourth-order valence-electron chi connectivity index (χ4n) is 4.05. The summed E-state index contributed by atoms with van der Waals surface area (Å²) in [5, 5.41) is 14.8. The summed E-state index contributed by atoms with van der Waals surface area (Å²) in [6, 6.07) is 27.8. The summed E-state index contributed by atoms with van der Waals surface area (Å²) < 4.78 is 0. The second-order valence-electron chi connectivity index (χ2n) is 8.46. The zero-order valence-electron chi connectivity index (χ0n) is 19.7. The molecule has 1 atom stereocenters. The van der Waals surface area contributed by atoms with Crippen LogP contribution in [-0.4, -0.2) is 22.5 Å². The maximum Gasteiger partial charge on any atom is 0.273 e. The van der Waals surface area contributed by atoms with E-state index in [0.29, 0.717) is 23.8 Å². The molecule has 0 saturated heterocycles. The molecular weight excluding hydrogens is 470 g/mol. The van der Waals surface area contributed by atoms with Gasteiger partial charge in [0.1, 0.15) is 5.71 Å². The highest BCUT2D eigenvalue weighted by atomic mass is 32.1. The molecule has 0 unspecified atom stereocenters. The topological polar surface area (TPSA) is 86.7 Å². The van der Waals surface area contributed by atoms with Crippen LogP contribution in [0.25, 0.3) is 11.3 Å². The summed E-state index contributed by atoms with van der Waals surface area (Å²) in [6.45, 7) is 1.98. The highest BCUT2D eigenvalue weighted by molar-refractivity contribution is 7.14. The summed E-state index contributed by atoms with van der Waals surface area (Å²) in [6.07, 6.45) is 0.499. The lowest BCUT2D eigenvalue weighted by molar-refractivity contribution is -0.119. The lowest BCUT2D eigenvalue weighted by Crippen LogP contribution is -2.21. The number of para-hydroxylation sites is 1. The first kappa shape index (κ1) is 23.4. The zero-order chi connectivity index (χ0) is 24.9. The lowest BCUT2D eigenvalue weighted by atomic mass is 10.0. The first-order valence-corrected chi connectivity index (χ1v) is 12.5. The molecule has 2 N–H and O–H groups in total. The third kappa shape index (κ3) is 5.34. The van der Waals surface area contributed by atoms with Crippen molar-refractivity contribution in [2.75, 3.05) is 10.3 Å².